The Bertz CT molecular complexity index is 789. The molecule has 1 aromatic carbocycles. The van der Waals surface area contributed by atoms with Gasteiger partial charge in [0.05, 0.1) is 11.3 Å². The number of hydrogen-bond donors (Lipinski definition) is 2. The number of hydrogen-bond acceptors (Lipinski definition) is 4. The quantitative estimate of drug-likeness (QED) is 0.879. The molecule has 2 N–H and O–H groups in total. The number of aryl methyl sites for hydroxylation is 1. The summed E-state index contributed by atoms with van der Waals surface area (Å²) in [6.45, 7) is 2.72. The molecule has 0 bridgehead atoms. The van der Waals surface area contributed by atoms with Crippen LogP contribution in [0.1, 0.15) is 21.7 Å². The van der Waals surface area contributed by atoms with Gasteiger partial charge in [-0.3, -0.25) is 14.4 Å². The van der Waals surface area contributed by atoms with Crippen molar-refractivity contribution in [1.29, 1.82) is 0 Å². The summed E-state index contributed by atoms with van der Waals surface area (Å²) in [6.07, 6.45) is -0.0725. The summed E-state index contributed by atoms with van der Waals surface area (Å²) in [7, 11) is 0. The number of anilines is 1. The molecule has 1 saturated heterocycles. The minimum atomic E-state index is -0.798. The number of nitrogens with one attached hydrogen (secondary N) is 2. The van der Waals surface area contributed by atoms with Crippen molar-refractivity contribution >= 4 is 34.7 Å². The fourth-order valence-electron chi connectivity index (χ4n) is 2.81. The lowest BCUT2D eigenvalue weighted by Gasteiger charge is -2.34. The molecule has 0 aliphatic carbocycles. The van der Waals surface area contributed by atoms with Gasteiger partial charge in [-0.1, -0.05) is 18.2 Å². The Kier molecular flexibility index (Phi) is 5.14. The van der Waals surface area contributed by atoms with E-state index in [1.807, 2.05) is 30.5 Å². The first-order chi connectivity index (χ1) is 12.0. The molecule has 1 atom stereocenters. The predicted molar refractivity (Wildman–Crippen MR) is 96.6 cm³/mol. The van der Waals surface area contributed by atoms with Gasteiger partial charge in [0.25, 0.3) is 5.91 Å². The molecule has 7 heteroatoms. The number of rotatable bonds is 4. The van der Waals surface area contributed by atoms with Crippen molar-refractivity contribution in [2.45, 2.75) is 19.4 Å². The first-order valence-corrected chi connectivity index (χ1v) is 8.91. The van der Waals surface area contributed by atoms with E-state index >= 15 is 0 Å². The Morgan fingerprint density at radius 1 is 1.32 bits per heavy atom. The largest absolute Gasteiger partial charge is 0.353 e. The number of carbonyl (C=O) groups excluding carboxylic acids is 3. The molecular weight excluding hydrogens is 338 g/mol. The molecule has 1 aliphatic rings. The van der Waals surface area contributed by atoms with Crippen LogP contribution in [0.2, 0.25) is 0 Å². The Hall–Kier alpha value is -2.67. The Morgan fingerprint density at radius 2 is 2.16 bits per heavy atom. The molecule has 6 nitrogen and oxygen atoms in total. The molecule has 1 unspecified atom stereocenters. The summed E-state index contributed by atoms with van der Waals surface area (Å²) >= 11 is 1.33. The van der Waals surface area contributed by atoms with Crippen molar-refractivity contribution in [3.63, 3.8) is 0 Å². The third kappa shape index (κ3) is 4.06. The van der Waals surface area contributed by atoms with Gasteiger partial charge in [0.15, 0.2) is 0 Å². The maximum absolute atomic E-state index is 12.6. The zero-order valence-electron chi connectivity index (χ0n) is 13.8. The van der Waals surface area contributed by atoms with E-state index in [4.69, 9.17) is 0 Å². The first kappa shape index (κ1) is 17.2. The van der Waals surface area contributed by atoms with Crippen molar-refractivity contribution in [2.24, 2.45) is 0 Å². The lowest BCUT2D eigenvalue weighted by Crippen LogP contribution is -2.58. The first-order valence-electron chi connectivity index (χ1n) is 8.03. The second kappa shape index (κ2) is 7.48. The lowest BCUT2D eigenvalue weighted by molar-refractivity contribution is -0.131. The topological polar surface area (TPSA) is 78.5 Å². The SMILES string of the molecule is Cc1cccc(NC(=O)CC2C(=O)NCCN2C(=O)c2cccs2)c1. The second-order valence-corrected chi connectivity index (χ2v) is 6.85. The van der Waals surface area contributed by atoms with Crippen LogP contribution >= 0.6 is 11.3 Å². The molecule has 0 spiro atoms. The van der Waals surface area contributed by atoms with E-state index in [9.17, 15) is 14.4 Å². The van der Waals surface area contributed by atoms with Crippen molar-refractivity contribution < 1.29 is 14.4 Å². The third-order valence-corrected chi connectivity index (χ3v) is 4.86. The van der Waals surface area contributed by atoms with Gasteiger partial charge in [-0.15, -0.1) is 11.3 Å². The molecule has 2 aromatic rings. The van der Waals surface area contributed by atoms with Crippen LogP contribution in [0.25, 0.3) is 0 Å². The van der Waals surface area contributed by atoms with Gasteiger partial charge in [-0.2, -0.15) is 0 Å². The molecule has 1 fully saturated rings. The third-order valence-electron chi connectivity index (χ3n) is 4.00. The zero-order chi connectivity index (χ0) is 17.8. The van der Waals surface area contributed by atoms with E-state index in [0.29, 0.717) is 23.7 Å². The van der Waals surface area contributed by atoms with E-state index in [2.05, 4.69) is 10.6 Å². The van der Waals surface area contributed by atoms with Crippen molar-refractivity contribution in [3.8, 4) is 0 Å². The monoisotopic (exact) mass is 357 g/mol. The second-order valence-electron chi connectivity index (χ2n) is 5.90. The Labute approximate surface area is 149 Å². The van der Waals surface area contributed by atoms with Crippen LogP contribution in [0.4, 0.5) is 5.69 Å². The van der Waals surface area contributed by atoms with Crippen LogP contribution in [0.5, 0.6) is 0 Å². The van der Waals surface area contributed by atoms with Crippen LogP contribution in [0.3, 0.4) is 0 Å². The molecule has 0 saturated carbocycles. The van der Waals surface area contributed by atoms with Gasteiger partial charge in [0.1, 0.15) is 6.04 Å². The molecule has 130 valence electrons. The summed E-state index contributed by atoms with van der Waals surface area (Å²) < 4.78 is 0. The Balaban J connectivity index is 1.71. The fourth-order valence-corrected chi connectivity index (χ4v) is 3.49. The molecule has 2 heterocycles. The molecule has 0 radical (unpaired) electrons. The number of piperazine rings is 1. The maximum atomic E-state index is 12.6. The predicted octanol–water partition coefficient (Wildman–Crippen LogP) is 2.03. The highest BCUT2D eigenvalue weighted by Gasteiger charge is 2.35. The van der Waals surface area contributed by atoms with Gasteiger partial charge in [0, 0.05) is 18.8 Å². The molecule has 3 rings (SSSR count). The molecule has 3 amide bonds. The summed E-state index contributed by atoms with van der Waals surface area (Å²) in [5.74, 6) is -0.801. The minimum absolute atomic E-state index is 0.0725. The van der Waals surface area contributed by atoms with E-state index in [1.165, 1.54) is 16.2 Å². The fraction of sp³-hybridized carbons (Fsp3) is 0.278. The number of amides is 3. The summed E-state index contributed by atoms with van der Waals surface area (Å²) in [6, 6.07) is 10.2. The lowest BCUT2D eigenvalue weighted by atomic mass is 10.1. The van der Waals surface area contributed by atoms with E-state index < -0.39 is 6.04 Å². The smallest absolute Gasteiger partial charge is 0.264 e. The van der Waals surface area contributed by atoms with Crippen molar-refractivity contribution in [2.75, 3.05) is 18.4 Å². The van der Waals surface area contributed by atoms with Gasteiger partial charge in [0.2, 0.25) is 11.8 Å². The van der Waals surface area contributed by atoms with Crippen LogP contribution in [0, 0.1) is 6.92 Å². The van der Waals surface area contributed by atoms with Gasteiger partial charge >= 0.3 is 0 Å². The summed E-state index contributed by atoms with van der Waals surface area (Å²) in [5, 5.41) is 7.34. The van der Waals surface area contributed by atoms with Gasteiger partial charge < -0.3 is 15.5 Å². The molecule has 1 aliphatic heterocycles. The highest BCUT2D eigenvalue weighted by Crippen LogP contribution is 2.18. The number of carbonyl (C=O) groups is 3. The van der Waals surface area contributed by atoms with Crippen LogP contribution < -0.4 is 10.6 Å². The molecule has 1 aromatic heterocycles. The van der Waals surface area contributed by atoms with Gasteiger partial charge in [-0.05, 0) is 36.1 Å². The number of nitrogens with zero attached hydrogens (tertiary/aromatic N) is 1. The average Bonchev–Trinajstić information content (AvgIpc) is 3.10. The zero-order valence-corrected chi connectivity index (χ0v) is 14.6. The number of thiophene rings is 1. The maximum Gasteiger partial charge on any atom is 0.264 e. The normalized spacial score (nSPS) is 17.1. The van der Waals surface area contributed by atoms with E-state index in [0.717, 1.165) is 5.56 Å². The average molecular weight is 357 g/mol. The van der Waals surface area contributed by atoms with Crippen LogP contribution in [-0.2, 0) is 9.59 Å². The van der Waals surface area contributed by atoms with Crippen LogP contribution in [0.15, 0.2) is 41.8 Å². The van der Waals surface area contributed by atoms with Crippen LogP contribution in [-0.4, -0.2) is 41.8 Å². The standard InChI is InChI=1S/C18H19N3O3S/c1-12-4-2-5-13(10-12)20-16(22)11-14-17(23)19-7-8-21(14)18(24)15-6-3-9-25-15/h2-6,9-10,14H,7-8,11H2,1H3,(H,19,23)(H,20,22). The highest BCUT2D eigenvalue weighted by atomic mass is 32.1. The van der Waals surface area contributed by atoms with Crippen molar-refractivity contribution in [1.82, 2.24) is 10.2 Å². The summed E-state index contributed by atoms with van der Waals surface area (Å²) in [4.78, 5) is 39.3. The number of benzene rings is 1. The van der Waals surface area contributed by atoms with Crippen molar-refractivity contribution in [3.05, 3.63) is 52.2 Å². The van der Waals surface area contributed by atoms with E-state index in [-0.39, 0.29) is 24.1 Å². The van der Waals surface area contributed by atoms with E-state index in [1.54, 1.807) is 18.2 Å². The summed E-state index contributed by atoms with van der Waals surface area (Å²) in [5.41, 5.74) is 1.71. The highest BCUT2D eigenvalue weighted by molar-refractivity contribution is 7.12. The Morgan fingerprint density at radius 3 is 2.88 bits per heavy atom. The molecular formula is C18H19N3O3S. The minimum Gasteiger partial charge on any atom is -0.353 e. The molecule has 25 heavy (non-hydrogen) atoms. The van der Waals surface area contributed by atoms with Gasteiger partial charge in [-0.25, -0.2) is 0 Å².